The van der Waals surface area contributed by atoms with Crippen LogP contribution in [0.25, 0.3) is 0 Å². The number of aromatic nitrogens is 1. The largest absolute Gasteiger partial charge is 0.364 e. The molecule has 1 heterocycles. The van der Waals surface area contributed by atoms with Gasteiger partial charge in [-0.05, 0) is 32.1 Å². The van der Waals surface area contributed by atoms with Gasteiger partial charge in [-0.2, -0.15) is 0 Å². The van der Waals surface area contributed by atoms with Gasteiger partial charge in [0.05, 0.1) is 0 Å². The average molecular weight is 263 g/mol. The van der Waals surface area contributed by atoms with Crippen LogP contribution >= 0.6 is 0 Å². The van der Waals surface area contributed by atoms with Crippen molar-refractivity contribution in [1.82, 2.24) is 10.3 Å². The van der Waals surface area contributed by atoms with Crippen LogP contribution in [0.1, 0.15) is 41.7 Å². The Morgan fingerprint density at radius 1 is 1.53 bits per heavy atom. The van der Waals surface area contributed by atoms with E-state index in [9.17, 15) is 9.59 Å². The number of nitrogens with one attached hydrogen (secondary N) is 2. The summed E-state index contributed by atoms with van der Waals surface area (Å²) in [6, 6.07) is 1.68. The second-order valence-electron chi connectivity index (χ2n) is 5.40. The molecule has 19 heavy (non-hydrogen) atoms. The second kappa shape index (κ2) is 6.02. The molecule has 1 aliphatic carbocycles. The van der Waals surface area contributed by atoms with Gasteiger partial charge in [0, 0.05) is 30.5 Å². The molecule has 5 nitrogen and oxygen atoms in total. The van der Waals surface area contributed by atoms with Crippen molar-refractivity contribution in [3.8, 4) is 0 Å². The lowest BCUT2D eigenvalue weighted by Gasteiger charge is -2.26. The van der Waals surface area contributed by atoms with Crippen LogP contribution in [0.15, 0.2) is 17.1 Å². The summed E-state index contributed by atoms with van der Waals surface area (Å²) in [5.41, 5.74) is 6.60. The maximum Gasteiger partial charge on any atom is 0.256 e. The van der Waals surface area contributed by atoms with E-state index in [2.05, 4.69) is 10.3 Å². The molecular weight excluding hydrogens is 242 g/mol. The molecule has 1 aromatic heterocycles. The lowest BCUT2D eigenvalue weighted by molar-refractivity contribution is 0.0941. The van der Waals surface area contributed by atoms with Crippen LogP contribution in [0.5, 0.6) is 0 Å². The molecule has 2 rings (SSSR count). The molecule has 1 saturated carbocycles. The number of nitrogens with two attached hydrogens (primary N) is 1. The zero-order valence-corrected chi connectivity index (χ0v) is 11.2. The Hall–Kier alpha value is -1.62. The SMILES string of the molecule is Cc1cc(=O)c(C(=O)NCC2CCCC(N)C2)c[nH]1. The predicted molar refractivity (Wildman–Crippen MR) is 74.1 cm³/mol. The molecule has 4 N–H and O–H groups in total. The Kier molecular flexibility index (Phi) is 4.37. The second-order valence-corrected chi connectivity index (χ2v) is 5.40. The Morgan fingerprint density at radius 3 is 3.00 bits per heavy atom. The maximum absolute atomic E-state index is 11.9. The first-order chi connectivity index (χ1) is 9.06. The third kappa shape index (κ3) is 3.67. The molecule has 1 fully saturated rings. The molecule has 104 valence electrons. The molecule has 1 amide bonds. The number of hydrogen-bond acceptors (Lipinski definition) is 3. The highest BCUT2D eigenvalue weighted by atomic mass is 16.2. The first kappa shape index (κ1) is 13.8. The molecule has 0 spiro atoms. The number of carbonyl (C=O) groups is 1. The van der Waals surface area contributed by atoms with E-state index in [4.69, 9.17) is 5.73 Å². The van der Waals surface area contributed by atoms with Crippen LogP contribution < -0.4 is 16.5 Å². The number of hydrogen-bond donors (Lipinski definition) is 3. The van der Waals surface area contributed by atoms with Gasteiger partial charge in [-0.3, -0.25) is 9.59 Å². The smallest absolute Gasteiger partial charge is 0.256 e. The number of aryl methyl sites for hydroxylation is 1. The van der Waals surface area contributed by atoms with Gasteiger partial charge in [-0.1, -0.05) is 6.42 Å². The van der Waals surface area contributed by atoms with Crippen molar-refractivity contribution in [1.29, 1.82) is 0 Å². The van der Waals surface area contributed by atoms with Crippen LogP contribution in [0.3, 0.4) is 0 Å². The fraction of sp³-hybridized carbons (Fsp3) is 0.571. The fourth-order valence-electron chi connectivity index (χ4n) is 2.60. The van der Waals surface area contributed by atoms with Gasteiger partial charge >= 0.3 is 0 Å². The number of aromatic amines is 1. The molecule has 2 unspecified atom stereocenters. The van der Waals surface area contributed by atoms with E-state index in [1.165, 1.54) is 12.3 Å². The van der Waals surface area contributed by atoms with Gasteiger partial charge in [-0.15, -0.1) is 0 Å². The molecule has 2 atom stereocenters. The van der Waals surface area contributed by atoms with Crippen molar-refractivity contribution in [2.75, 3.05) is 6.54 Å². The highest BCUT2D eigenvalue weighted by Crippen LogP contribution is 2.22. The summed E-state index contributed by atoms with van der Waals surface area (Å²) in [6.07, 6.45) is 5.71. The third-order valence-electron chi connectivity index (χ3n) is 3.68. The van der Waals surface area contributed by atoms with Gasteiger partial charge in [0.15, 0.2) is 5.43 Å². The summed E-state index contributed by atoms with van der Waals surface area (Å²) < 4.78 is 0. The lowest BCUT2D eigenvalue weighted by Crippen LogP contribution is -2.37. The molecule has 1 aromatic rings. The minimum atomic E-state index is -0.305. The van der Waals surface area contributed by atoms with Crippen molar-refractivity contribution in [3.05, 3.63) is 33.7 Å². The third-order valence-corrected chi connectivity index (χ3v) is 3.68. The molecule has 1 aliphatic rings. The van der Waals surface area contributed by atoms with Crippen LogP contribution in [-0.2, 0) is 0 Å². The maximum atomic E-state index is 11.9. The molecule has 0 radical (unpaired) electrons. The van der Waals surface area contributed by atoms with E-state index in [0.29, 0.717) is 12.5 Å². The van der Waals surface area contributed by atoms with Crippen molar-refractivity contribution in [2.24, 2.45) is 11.7 Å². The van der Waals surface area contributed by atoms with Crippen molar-refractivity contribution < 1.29 is 4.79 Å². The minimum absolute atomic E-state index is 0.172. The monoisotopic (exact) mass is 263 g/mol. The number of pyridine rings is 1. The summed E-state index contributed by atoms with van der Waals surface area (Å²) in [7, 11) is 0. The first-order valence-electron chi connectivity index (χ1n) is 6.79. The van der Waals surface area contributed by atoms with Gasteiger partial charge in [0.2, 0.25) is 0 Å². The Morgan fingerprint density at radius 2 is 2.32 bits per heavy atom. The van der Waals surface area contributed by atoms with E-state index < -0.39 is 0 Å². The van der Waals surface area contributed by atoms with Crippen LogP contribution in [-0.4, -0.2) is 23.5 Å². The molecule has 0 aromatic carbocycles. The summed E-state index contributed by atoms with van der Waals surface area (Å²) >= 11 is 0. The topological polar surface area (TPSA) is 88.0 Å². The van der Waals surface area contributed by atoms with E-state index >= 15 is 0 Å². The van der Waals surface area contributed by atoms with Gasteiger partial charge in [0.1, 0.15) is 5.56 Å². The van der Waals surface area contributed by atoms with Gasteiger partial charge in [0.25, 0.3) is 5.91 Å². The van der Waals surface area contributed by atoms with Crippen LogP contribution in [0.4, 0.5) is 0 Å². The number of carbonyl (C=O) groups excluding carboxylic acids is 1. The number of amides is 1. The first-order valence-corrected chi connectivity index (χ1v) is 6.79. The molecular formula is C14H21N3O2. The number of H-pyrrole nitrogens is 1. The molecule has 0 saturated heterocycles. The summed E-state index contributed by atoms with van der Waals surface area (Å²) in [4.78, 5) is 26.5. The van der Waals surface area contributed by atoms with Crippen LogP contribution in [0, 0.1) is 12.8 Å². The van der Waals surface area contributed by atoms with E-state index in [-0.39, 0.29) is 22.9 Å². The highest BCUT2D eigenvalue weighted by molar-refractivity contribution is 5.93. The predicted octanol–water partition coefficient (Wildman–Crippen LogP) is 0.931. The Labute approximate surface area is 112 Å². The van der Waals surface area contributed by atoms with Crippen molar-refractivity contribution >= 4 is 5.91 Å². The standard InChI is InChI=1S/C14H21N3O2/c1-9-5-13(18)12(8-16-9)14(19)17-7-10-3-2-4-11(15)6-10/h5,8,10-11H,2-4,6-7,15H2,1H3,(H,16,18)(H,17,19). The summed E-state index contributed by atoms with van der Waals surface area (Å²) in [6.45, 7) is 2.38. The zero-order valence-electron chi connectivity index (χ0n) is 11.2. The van der Waals surface area contributed by atoms with E-state index in [0.717, 1.165) is 31.4 Å². The van der Waals surface area contributed by atoms with E-state index in [1.54, 1.807) is 6.92 Å². The van der Waals surface area contributed by atoms with Gasteiger partial charge < -0.3 is 16.0 Å². The fourth-order valence-corrected chi connectivity index (χ4v) is 2.60. The zero-order chi connectivity index (χ0) is 13.8. The number of rotatable bonds is 3. The lowest BCUT2D eigenvalue weighted by atomic mass is 9.86. The quantitative estimate of drug-likeness (QED) is 0.758. The molecule has 0 aliphatic heterocycles. The summed E-state index contributed by atoms with van der Waals surface area (Å²) in [5, 5.41) is 2.84. The Balaban J connectivity index is 1.92. The van der Waals surface area contributed by atoms with Crippen LogP contribution in [0.2, 0.25) is 0 Å². The van der Waals surface area contributed by atoms with Crippen molar-refractivity contribution in [2.45, 2.75) is 38.6 Å². The van der Waals surface area contributed by atoms with E-state index in [1.807, 2.05) is 0 Å². The molecule has 0 bridgehead atoms. The summed E-state index contributed by atoms with van der Waals surface area (Å²) in [5.74, 6) is 0.123. The molecule has 5 heteroatoms. The van der Waals surface area contributed by atoms with Crippen molar-refractivity contribution in [3.63, 3.8) is 0 Å². The minimum Gasteiger partial charge on any atom is -0.364 e. The van der Waals surface area contributed by atoms with Gasteiger partial charge in [-0.25, -0.2) is 0 Å². The Bertz CT molecular complexity index is 510. The highest BCUT2D eigenvalue weighted by Gasteiger charge is 2.20. The normalized spacial score (nSPS) is 23.1. The average Bonchev–Trinajstić information content (AvgIpc) is 2.36.